The van der Waals surface area contributed by atoms with E-state index >= 15 is 0 Å². The quantitative estimate of drug-likeness (QED) is 0.603. The molecule has 1 aliphatic rings. The molecule has 1 aliphatic heterocycles. The van der Waals surface area contributed by atoms with Crippen molar-refractivity contribution in [2.75, 3.05) is 13.3 Å². The van der Waals surface area contributed by atoms with Crippen molar-refractivity contribution in [2.45, 2.75) is 33.4 Å². The summed E-state index contributed by atoms with van der Waals surface area (Å²) < 4.78 is 16.6. The van der Waals surface area contributed by atoms with Gasteiger partial charge in [-0.25, -0.2) is 4.98 Å². The minimum atomic E-state index is 0.304. The molecule has 0 saturated carbocycles. The fraction of sp³-hybridized carbons (Fsp3) is 0.318. The van der Waals surface area contributed by atoms with E-state index in [-0.39, 0.29) is 0 Å². The van der Waals surface area contributed by atoms with Crippen molar-refractivity contribution in [3.8, 4) is 23.0 Å². The van der Waals surface area contributed by atoms with Gasteiger partial charge in [-0.1, -0.05) is 30.7 Å². The minimum absolute atomic E-state index is 0.304. The number of ether oxygens (including phenoxy) is 2. The topological polar surface area (TPSA) is 47.7 Å². The van der Waals surface area contributed by atoms with Crippen LogP contribution < -0.4 is 9.47 Å². The summed E-state index contributed by atoms with van der Waals surface area (Å²) in [5.74, 6) is 2.32. The van der Waals surface area contributed by atoms with Gasteiger partial charge in [-0.05, 0) is 49.7 Å². The molecule has 5 nitrogen and oxygen atoms in total. The summed E-state index contributed by atoms with van der Waals surface area (Å²) in [5, 5.41) is 0. The zero-order valence-corrected chi connectivity index (χ0v) is 15.8. The van der Waals surface area contributed by atoms with Crippen LogP contribution in [0.5, 0.6) is 11.5 Å². The number of nitrogens with zero attached hydrogens (tertiary/aromatic N) is 2. The average Bonchev–Trinajstić information content (AvgIpc) is 3.31. The van der Waals surface area contributed by atoms with Crippen molar-refractivity contribution in [2.24, 2.45) is 0 Å². The first-order valence-corrected chi connectivity index (χ1v) is 9.33. The minimum Gasteiger partial charge on any atom is -0.454 e. The summed E-state index contributed by atoms with van der Waals surface area (Å²) in [6.45, 7) is 7.13. The highest BCUT2D eigenvalue weighted by Crippen LogP contribution is 2.33. The maximum absolute atomic E-state index is 5.71. The lowest BCUT2D eigenvalue weighted by Crippen LogP contribution is -2.23. The van der Waals surface area contributed by atoms with Crippen molar-refractivity contribution in [3.63, 3.8) is 0 Å². The number of aromatic nitrogens is 1. The smallest absolute Gasteiger partial charge is 0.231 e. The number of aryl methyl sites for hydroxylation is 1. The standard InChI is InChI=1S/C22H24N2O3/c1-3-10-24(12-17-6-9-20-21(11-17)27-15-26-20)13-19-14-25-22(23-19)18-7-4-16(2)5-8-18/h4-9,11,14H,3,10,12-13,15H2,1-2H3. The van der Waals surface area contributed by atoms with Gasteiger partial charge in [-0.2, -0.15) is 0 Å². The third-order valence-electron chi connectivity index (χ3n) is 4.62. The van der Waals surface area contributed by atoms with Crippen molar-refractivity contribution in [1.29, 1.82) is 0 Å². The van der Waals surface area contributed by atoms with E-state index in [9.17, 15) is 0 Å². The van der Waals surface area contributed by atoms with Crippen LogP contribution in [0.15, 0.2) is 53.1 Å². The predicted molar refractivity (Wildman–Crippen MR) is 104 cm³/mol. The number of rotatable bonds is 7. The Hall–Kier alpha value is -2.79. The molecule has 0 amide bonds. The van der Waals surface area contributed by atoms with E-state index in [4.69, 9.17) is 13.9 Å². The average molecular weight is 364 g/mol. The summed E-state index contributed by atoms with van der Waals surface area (Å²) in [6.07, 6.45) is 2.84. The van der Waals surface area contributed by atoms with E-state index in [0.717, 1.165) is 48.8 Å². The first-order chi connectivity index (χ1) is 13.2. The Bertz CT molecular complexity index is 902. The van der Waals surface area contributed by atoms with Crippen molar-refractivity contribution >= 4 is 0 Å². The molecule has 140 valence electrons. The molecule has 0 spiro atoms. The Kier molecular flexibility index (Phi) is 5.12. The summed E-state index contributed by atoms with van der Waals surface area (Å²) >= 11 is 0. The molecular formula is C22H24N2O3. The zero-order chi connectivity index (χ0) is 18.6. The van der Waals surface area contributed by atoms with Crippen LogP contribution in [0.25, 0.3) is 11.5 Å². The normalized spacial score (nSPS) is 12.7. The molecule has 27 heavy (non-hydrogen) atoms. The van der Waals surface area contributed by atoms with Gasteiger partial charge >= 0.3 is 0 Å². The Morgan fingerprint density at radius 2 is 1.81 bits per heavy atom. The van der Waals surface area contributed by atoms with Gasteiger partial charge in [0, 0.05) is 18.7 Å². The lowest BCUT2D eigenvalue weighted by molar-refractivity contribution is 0.174. The van der Waals surface area contributed by atoms with Gasteiger partial charge in [0.2, 0.25) is 12.7 Å². The highest BCUT2D eigenvalue weighted by molar-refractivity contribution is 5.53. The second-order valence-electron chi connectivity index (χ2n) is 6.91. The number of hydrogen-bond acceptors (Lipinski definition) is 5. The fourth-order valence-electron chi connectivity index (χ4n) is 3.27. The molecule has 0 saturated heterocycles. The van der Waals surface area contributed by atoms with Crippen LogP contribution in [0.3, 0.4) is 0 Å². The largest absolute Gasteiger partial charge is 0.454 e. The number of fused-ring (bicyclic) bond motifs is 1. The van der Waals surface area contributed by atoms with Crippen LogP contribution in [0.2, 0.25) is 0 Å². The molecule has 1 aromatic heterocycles. The van der Waals surface area contributed by atoms with Crippen molar-refractivity contribution in [1.82, 2.24) is 9.88 Å². The van der Waals surface area contributed by atoms with E-state index in [2.05, 4.69) is 48.0 Å². The predicted octanol–water partition coefficient (Wildman–Crippen LogP) is 4.79. The first-order valence-electron chi connectivity index (χ1n) is 9.33. The van der Waals surface area contributed by atoms with Crippen LogP contribution in [0.4, 0.5) is 0 Å². The summed E-state index contributed by atoms with van der Waals surface area (Å²) in [4.78, 5) is 7.05. The summed E-state index contributed by atoms with van der Waals surface area (Å²) in [6, 6.07) is 14.4. The SMILES string of the molecule is CCCN(Cc1ccc2c(c1)OCO2)Cc1coc(-c2ccc(C)cc2)n1. The molecule has 0 unspecified atom stereocenters. The number of hydrogen-bond donors (Lipinski definition) is 0. The van der Waals surface area contributed by atoms with Gasteiger partial charge in [-0.3, -0.25) is 4.90 Å². The third-order valence-corrected chi connectivity index (χ3v) is 4.62. The van der Waals surface area contributed by atoms with Crippen LogP contribution in [0, 0.1) is 6.92 Å². The lowest BCUT2D eigenvalue weighted by atomic mass is 10.1. The maximum atomic E-state index is 5.71. The monoisotopic (exact) mass is 364 g/mol. The maximum Gasteiger partial charge on any atom is 0.231 e. The van der Waals surface area contributed by atoms with Gasteiger partial charge in [0.15, 0.2) is 11.5 Å². The molecule has 0 N–H and O–H groups in total. The molecule has 0 aliphatic carbocycles. The van der Waals surface area contributed by atoms with Gasteiger partial charge in [-0.15, -0.1) is 0 Å². The van der Waals surface area contributed by atoms with E-state index in [1.54, 1.807) is 6.26 Å². The number of benzene rings is 2. The molecule has 0 radical (unpaired) electrons. The van der Waals surface area contributed by atoms with Crippen LogP contribution in [0.1, 0.15) is 30.2 Å². The van der Waals surface area contributed by atoms with Crippen LogP contribution >= 0.6 is 0 Å². The lowest BCUT2D eigenvalue weighted by Gasteiger charge is -2.20. The molecule has 4 rings (SSSR count). The molecule has 2 aromatic carbocycles. The zero-order valence-electron chi connectivity index (χ0n) is 15.8. The molecule has 5 heteroatoms. The highest BCUT2D eigenvalue weighted by Gasteiger charge is 2.16. The van der Waals surface area contributed by atoms with Crippen molar-refractivity contribution < 1.29 is 13.9 Å². The molecule has 0 atom stereocenters. The van der Waals surface area contributed by atoms with E-state index in [0.29, 0.717) is 12.7 Å². The molecular weight excluding hydrogens is 340 g/mol. The van der Waals surface area contributed by atoms with Gasteiger partial charge < -0.3 is 13.9 Å². The Morgan fingerprint density at radius 1 is 1.00 bits per heavy atom. The van der Waals surface area contributed by atoms with Gasteiger partial charge in [0.05, 0.1) is 5.69 Å². The van der Waals surface area contributed by atoms with E-state index < -0.39 is 0 Å². The Balaban J connectivity index is 1.46. The van der Waals surface area contributed by atoms with Crippen LogP contribution in [-0.4, -0.2) is 23.2 Å². The fourth-order valence-corrected chi connectivity index (χ4v) is 3.27. The first kappa shape index (κ1) is 17.6. The summed E-state index contributed by atoms with van der Waals surface area (Å²) in [7, 11) is 0. The second kappa shape index (κ2) is 7.84. The summed E-state index contributed by atoms with van der Waals surface area (Å²) in [5.41, 5.74) is 4.38. The van der Waals surface area contributed by atoms with E-state index in [1.807, 2.05) is 18.2 Å². The van der Waals surface area contributed by atoms with Crippen molar-refractivity contribution in [3.05, 3.63) is 65.5 Å². The van der Waals surface area contributed by atoms with Crippen LogP contribution in [-0.2, 0) is 13.1 Å². The molecule has 3 aromatic rings. The molecule has 2 heterocycles. The molecule has 0 fully saturated rings. The highest BCUT2D eigenvalue weighted by atomic mass is 16.7. The Morgan fingerprint density at radius 3 is 2.63 bits per heavy atom. The van der Waals surface area contributed by atoms with Gasteiger partial charge in [0.25, 0.3) is 0 Å². The van der Waals surface area contributed by atoms with Gasteiger partial charge in [0.1, 0.15) is 6.26 Å². The second-order valence-corrected chi connectivity index (χ2v) is 6.91. The number of oxazole rings is 1. The van der Waals surface area contributed by atoms with E-state index in [1.165, 1.54) is 11.1 Å². The molecule has 0 bridgehead atoms. The Labute approximate surface area is 159 Å². The third kappa shape index (κ3) is 4.14.